The van der Waals surface area contributed by atoms with E-state index in [2.05, 4.69) is 64.5 Å². The van der Waals surface area contributed by atoms with Crippen molar-refractivity contribution in [3.63, 3.8) is 0 Å². The fourth-order valence-corrected chi connectivity index (χ4v) is 2.66. The highest BCUT2D eigenvalue weighted by atomic mass is 15.2. The van der Waals surface area contributed by atoms with Gasteiger partial charge < -0.3 is 4.90 Å². The van der Waals surface area contributed by atoms with Crippen LogP contribution in [0.3, 0.4) is 0 Å². The smallest absolute Gasteiger partial charge is 0.0943 e. The van der Waals surface area contributed by atoms with E-state index in [4.69, 9.17) is 0 Å². The van der Waals surface area contributed by atoms with Crippen LogP contribution in [0.25, 0.3) is 11.8 Å². The lowest BCUT2D eigenvalue weighted by Gasteiger charge is -2.17. The highest BCUT2D eigenvalue weighted by molar-refractivity contribution is 5.99. The van der Waals surface area contributed by atoms with Crippen LogP contribution < -0.4 is 15.3 Å². The van der Waals surface area contributed by atoms with Gasteiger partial charge in [-0.05, 0) is 22.9 Å². The standard InChI is InChI=1S/C16H12N2/c1-3-7-14-12(5-1)9-13-6-2-4-8-15(13)18-11-17-10-16(14)18/h1-9,11H,10H2. The maximum absolute atomic E-state index is 4.42. The Morgan fingerprint density at radius 2 is 1.78 bits per heavy atom. The van der Waals surface area contributed by atoms with Gasteiger partial charge in [0.2, 0.25) is 0 Å². The molecule has 2 heteroatoms. The lowest BCUT2D eigenvalue weighted by atomic mass is 10.1. The average molecular weight is 232 g/mol. The van der Waals surface area contributed by atoms with Crippen molar-refractivity contribution in [1.29, 1.82) is 0 Å². The third kappa shape index (κ3) is 1.26. The molecule has 0 saturated heterocycles. The van der Waals surface area contributed by atoms with E-state index in [0.29, 0.717) is 0 Å². The molecule has 86 valence electrons. The highest BCUT2D eigenvalue weighted by Gasteiger charge is 2.19. The van der Waals surface area contributed by atoms with E-state index in [0.717, 1.165) is 6.54 Å². The first kappa shape index (κ1) is 9.66. The lowest BCUT2D eigenvalue weighted by Crippen LogP contribution is -2.31. The predicted molar refractivity (Wildman–Crippen MR) is 74.9 cm³/mol. The summed E-state index contributed by atoms with van der Waals surface area (Å²) in [6, 6.07) is 17.0. The minimum Gasteiger partial charge on any atom is -0.302 e. The Hall–Kier alpha value is -2.35. The summed E-state index contributed by atoms with van der Waals surface area (Å²) in [6.45, 7) is 0.763. The highest BCUT2D eigenvalue weighted by Crippen LogP contribution is 2.26. The van der Waals surface area contributed by atoms with Crippen LogP contribution in [-0.2, 0) is 0 Å². The van der Waals surface area contributed by atoms with Crippen molar-refractivity contribution in [3.8, 4) is 0 Å². The van der Waals surface area contributed by atoms with Gasteiger partial charge in [-0.1, -0.05) is 42.5 Å². The Morgan fingerprint density at radius 1 is 0.944 bits per heavy atom. The van der Waals surface area contributed by atoms with Crippen molar-refractivity contribution in [1.82, 2.24) is 0 Å². The number of anilines is 1. The van der Waals surface area contributed by atoms with Crippen LogP contribution in [0.1, 0.15) is 5.56 Å². The minimum atomic E-state index is 0.763. The molecule has 0 spiro atoms. The Bertz CT molecular complexity index is 772. The first-order chi connectivity index (χ1) is 8.93. The molecule has 2 aromatic rings. The van der Waals surface area contributed by atoms with Crippen molar-refractivity contribution in [2.24, 2.45) is 4.99 Å². The van der Waals surface area contributed by atoms with Crippen LogP contribution in [0, 0.1) is 0 Å². The number of nitrogens with zero attached hydrogens (tertiary/aromatic N) is 2. The van der Waals surface area contributed by atoms with E-state index >= 15 is 0 Å². The molecule has 2 nitrogen and oxygen atoms in total. The predicted octanol–water partition coefficient (Wildman–Crippen LogP) is 1.49. The molecular weight excluding hydrogens is 220 g/mol. The molecular formula is C16H12N2. The molecule has 2 aliphatic rings. The van der Waals surface area contributed by atoms with Crippen molar-refractivity contribution >= 4 is 23.8 Å². The first-order valence-corrected chi connectivity index (χ1v) is 6.12. The summed E-state index contributed by atoms with van der Waals surface area (Å²) < 4.78 is 0. The number of hydrogen-bond donors (Lipinski definition) is 0. The number of rotatable bonds is 0. The second-order valence-electron chi connectivity index (χ2n) is 4.56. The van der Waals surface area contributed by atoms with Crippen molar-refractivity contribution in [3.05, 3.63) is 64.5 Å². The Morgan fingerprint density at radius 3 is 2.78 bits per heavy atom. The molecule has 2 aliphatic heterocycles. The summed E-state index contributed by atoms with van der Waals surface area (Å²) in [4.78, 5) is 6.62. The molecule has 0 aromatic heterocycles. The van der Waals surface area contributed by atoms with Gasteiger partial charge in [0.1, 0.15) is 0 Å². The van der Waals surface area contributed by atoms with Gasteiger partial charge in [0.15, 0.2) is 0 Å². The lowest BCUT2D eigenvalue weighted by molar-refractivity contribution is 1.26. The van der Waals surface area contributed by atoms with Crippen LogP contribution in [0.4, 0.5) is 5.69 Å². The topological polar surface area (TPSA) is 15.6 Å². The first-order valence-electron chi connectivity index (χ1n) is 6.12. The van der Waals surface area contributed by atoms with E-state index in [1.54, 1.807) is 0 Å². The second kappa shape index (κ2) is 3.57. The molecule has 0 unspecified atom stereocenters. The third-order valence-electron chi connectivity index (χ3n) is 3.51. The zero-order chi connectivity index (χ0) is 11.9. The van der Waals surface area contributed by atoms with E-state index < -0.39 is 0 Å². The number of benzene rings is 2. The quantitative estimate of drug-likeness (QED) is 0.672. The SMILES string of the molecule is C1=NCC2=c3ccccc3=Cc3ccccc3N12. The molecule has 0 radical (unpaired) electrons. The summed E-state index contributed by atoms with van der Waals surface area (Å²) in [6.07, 6.45) is 4.19. The second-order valence-corrected chi connectivity index (χ2v) is 4.56. The summed E-state index contributed by atoms with van der Waals surface area (Å²) in [5, 5.41) is 2.55. The number of aliphatic imine (C=N–C) groups is 1. The Balaban J connectivity index is 2.18. The van der Waals surface area contributed by atoms with Gasteiger partial charge in [0.05, 0.1) is 24.3 Å². The number of fused-ring (bicyclic) bond motifs is 4. The molecule has 0 aliphatic carbocycles. The summed E-state index contributed by atoms with van der Waals surface area (Å²) in [7, 11) is 0. The molecule has 0 amide bonds. The fraction of sp³-hybridized carbons (Fsp3) is 0.0625. The molecule has 2 heterocycles. The van der Waals surface area contributed by atoms with Crippen LogP contribution in [0.2, 0.25) is 0 Å². The monoisotopic (exact) mass is 232 g/mol. The van der Waals surface area contributed by atoms with Gasteiger partial charge in [0, 0.05) is 5.22 Å². The molecule has 0 bridgehead atoms. The van der Waals surface area contributed by atoms with Gasteiger partial charge in [-0.2, -0.15) is 0 Å². The van der Waals surface area contributed by atoms with Crippen molar-refractivity contribution in [2.45, 2.75) is 0 Å². The largest absolute Gasteiger partial charge is 0.302 e. The van der Waals surface area contributed by atoms with E-state index in [-0.39, 0.29) is 0 Å². The maximum Gasteiger partial charge on any atom is 0.0943 e. The van der Waals surface area contributed by atoms with Gasteiger partial charge >= 0.3 is 0 Å². The van der Waals surface area contributed by atoms with E-state index in [1.165, 1.54) is 27.4 Å². The Labute approximate surface area is 105 Å². The maximum atomic E-state index is 4.42. The van der Waals surface area contributed by atoms with Crippen molar-refractivity contribution < 1.29 is 0 Å². The van der Waals surface area contributed by atoms with Crippen LogP contribution >= 0.6 is 0 Å². The molecule has 18 heavy (non-hydrogen) atoms. The van der Waals surface area contributed by atoms with Crippen LogP contribution in [0.5, 0.6) is 0 Å². The summed E-state index contributed by atoms with van der Waals surface area (Å²) in [5.41, 5.74) is 3.73. The molecule has 0 N–H and O–H groups in total. The van der Waals surface area contributed by atoms with Crippen LogP contribution in [-0.4, -0.2) is 12.9 Å². The summed E-state index contributed by atoms with van der Waals surface area (Å²) in [5.74, 6) is 0. The van der Waals surface area contributed by atoms with Gasteiger partial charge in [-0.15, -0.1) is 0 Å². The minimum absolute atomic E-state index is 0.763. The third-order valence-corrected chi connectivity index (χ3v) is 3.51. The van der Waals surface area contributed by atoms with Gasteiger partial charge in [-0.3, -0.25) is 4.99 Å². The molecule has 0 fully saturated rings. The molecule has 0 saturated carbocycles. The molecule has 0 atom stereocenters. The van der Waals surface area contributed by atoms with Crippen molar-refractivity contribution in [2.75, 3.05) is 11.4 Å². The fourth-order valence-electron chi connectivity index (χ4n) is 2.66. The zero-order valence-corrected chi connectivity index (χ0v) is 9.88. The molecule has 2 aromatic carbocycles. The average Bonchev–Trinajstić information content (AvgIpc) is 2.84. The van der Waals surface area contributed by atoms with E-state index in [1.807, 2.05) is 6.34 Å². The number of hydrogen-bond acceptors (Lipinski definition) is 2. The van der Waals surface area contributed by atoms with Crippen LogP contribution in [0.15, 0.2) is 53.5 Å². The zero-order valence-electron chi connectivity index (χ0n) is 9.88. The Kier molecular flexibility index (Phi) is 1.92. The number of para-hydroxylation sites is 1. The molecule has 4 rings (SSSR count). The van der Waals surface area contributed by atoms with Gasteiger partial charge in [-0.25, -0.2) is 0 Å². The summed E-state index contributed by atoms with van der Waals surface area (Å²) >= 11 is 0. The van der Waals surface area contributed by atoms with E-state index in [9.17, 15) is 0 Å². The normalized spacial score (nSPS) is 15.6. The van der Waals surface area contributed by atoms with Gasteiger partial charge in [0.25, 0.3) is 0 Å².